The fourth-order valence-electron chi connectivity index (χ4n) is 2.75. The molecule has 0 saturated heterocycles. The van der Waals surface area contributed by atoms with Gasteiger partial charge in [0.25, 0.3) is 0 Å². The molecule has 0 aromatic heterocycles. The summed E-state index contributed by atoms with van der Waals surface area (Å²) in [5.41, 5.74) is 2.19. The Labute approximate surface area is 170 Å². The predicted molar refractivity (Wildman–Crippen MR) is 117 cm³/mol. The first-order valence-electron chi connectivity index (χ1n) is 9.79. The van der Waals surface area contributed by atoms with E-state index in [1.807, 2.05) is 65.6 Å². The van der Waals surface area contributed by atoms with E-state index in [9.17, 15) is 9.90 Å². The largest absolute Gasteiger partial charge is 0.480 e. The molecule has 152 valence electrons. The molecule has 2 rings (SSSR count). The second-order valence-corrected chi connectivity index (χ2v) is 13.6. The molecule has 0 aliphatic carbocycles. The summed E-state index contributed by atoms with van der Waals surface area (Å²) in [5, 5.41) is 10.0. The van der Waals surface area contributed by atoms with Crippen molar-refractivity contribution in [2.75, 3.05) is 6.61 Å². The summed E-state index contributed by atoms with van der Waals surface area (Å²) >= 11 is 0. The molecule has 28 heavy (non-hydrogen) atoms. The van der Waals surface area contributed by atoms with Gasteiger partial charge in [0.15, 0.2) is 8.32 Å². The first kappa shape index (κ1) is 22.3. The Balaban J connectivity index is 2.24. The number of benzene rings is 2. The monoisotopic (exact) mass is 399 g/mol. The topological polar surface area (TPSA) is 49.8 Å². The minimum Gasteiger partial charge on any atom is -0.480 e. The van der Waals surface area contributed by atoms with E-state index in [1.165, 1.54) is 0 Å². The summed E-state index contributed by atoms with van der Waals surface area (Å²) in [6, 6.07) is 19.3. The number of rotatable bonds is 9. The average molecular weight is 400 g/mol. The summed E-state index contributed by atoms with van der Waals surface area (Å²) in [6.45, 7) is 12.1. The van der Waals surface area contributed by atoms with Crippen LogP contribution in [0.25, 0.3) is 0 Å². The fraction of sp³-hybridized carbons (Fsp3) is 0.435. The third-order valence-electron chi connectivity index (χ3n) is 5.59. The minimum absolute atomic E-state index is 0.0414. The van der Waals surface area contributed by atoms with Crippen LogP contribution in [0, 0.1) is 0 Å². The lowest BCUT2D eigenvalue weighted by Gasteiger charge is -2.38. The molecule has 2 aromatic carbocycles. The normalized spacial score (nSPS) is 13.5. The lowest BCUT2D eigenvalue weighted by Crippen LogP contribution is -2.49. The maximum absolute atomic E-state index is 12.2. The van der Waals surface area contributed by atoms with Gasteiger partial charge in [0.1, 0.15) is 6.04 Å². The highest BCUT2D eigenvalue weighted by molar-refractivity contribution is 6.74. The van der Waals surface area contributed by atoms with Crippen LogP contribution in [0.2, 0.25) is 18.1 Å². The molecule has 0 bridgehead atoms. The standard InChI is InChI=1S/C23H33NO3Si/c1-23(2,3)28(4,5)27-18-21(22(25)26)24(16-19-12-8-6-9-13-19)17-20-14-10-7-11-15-20/h6-15,21H,16-18H2,1-5H3,(H,25,26)/t21-/m0/s1. The molecule has 0 radical (unpaired) electrons. The van der Waals surface area contributed by atoms with Crippen molar-refractivity contribution in [2.24, 2.45) is 0 Å². The molecule has 5 heteroatoms. The Hall–Kier alpha value is -1.95. The van der Waals surface area contributed by atoms with Crippen molar-refractivity contribution in [1.82, 2.24) is 4.90 Å². The first-order chi connectivity index (χ1) is 13.1. The van der Waals surface area contributed by atoms with Crippen molar-refractivity contribution < 1.29 is 14.3 Å². The van der Waals surface area contributed by atoms with Gasteiger partial charge in [-0.1, -0.05) is 81.4 Å². The van der Waals surface area contributed by atoms with E-state index in [0.717, 1.165) is 11.1 Å². The van der Waals surface area contributed by atoms with E-state index in [0.29, 0.717) is 13.1 Å². The Morgan fingerprint density at radius 3 is 1.75 bits per heavy atom. The molecule has 4 nitrogen and oxygen atoms in total. The lowest BCUT2D eigenvalue weighted by atomic mass is 10.1. The highest BCUT2D eigenvalue weighted by atomic mass is 28.4. The molecule has 0 heterocycles. The molecule has 0 amide bonds. The van der Waals surface area contributed by atoms with Crippen molar-refractivity contribution in [1.29, 1.82) is 0 Å². The second-order valence-electron chi connectivity index (χ2n) is 8.80. The Bertz CT molecular complexity index is 700. The summed E-state index contributed by atoms with van der Waals surface area (Å²) in [5.74, 6) is -0.842. The molecule has 0 saturated carbocycles. The highest BCUT2D eigenvalue weighted by Gasteiger charge is 2.39. The quantitative estimate of drug-likeness (QED) is 0.592. The minimum atomic E-state index is -2.03. The van der Waals surface area contributed by atoms with Crippen LogP contribution < -0.4 is 0 Å². The molecule has 1 N–H and O–H groups in total. The highest BCUT2D eigenvalue weighted by Crippen LogP contribution is 2.36. The van der Waals surface area contributed by atoms with Crippen LogP contribution in [-0.2, 0) is 22.3 Å². The number of hydrogen-bond donors (Lipinski definition) is 1. The van der Waals surface area contributed by atoms with Crippen molar-refractivity contribution in [3.8, 4) is 0 Å². The van der Waals surface area contributed by atoms with Gasteiger partial charge in [0.2, 0.25) is 0 Å². The van der Waals surface area contributed by atoms with Gasteiger partial charge >= 0.3 is 5.97 Å². The fourth-order valence-corrected chi connectivity index (χ4v) is 3.76. The van der Waals surface area contributed by atoms with Crippen LogP contribution in [0.15, 0.2) is 60.7 Å². The van der Waals surface area contributed by atoms with Gasteiger partial charge < -0.3 is 9.53 Å². The van der Waals surface area contributed by atoms with Gasteiger partial charge in [-0.15, -0.1) is 0 Å². The summed E-state index contributed by atoms with van der Waals surface area (Å²) < 4.78 is 6.29. The van der Waals surface area contributed by atoms with Crippen LogP contribution >= 0.6 is 0 Å². The maximum Gasteiger partial charge on any atom is 0.323 e. The van der Waals surface area contributed by atoms with Gasteiger partial charge in [-0.05, 0) is 29.3 Å². The predicted octanol–water partition coefficient (Wildman–Crippen LogP) is 5.16. The zero-order chi connectivity index (χ0) is 20.8. The molecular formula is C23H33NO3Si. The van der Waals surface area contributed by atoms with Gasteiger partial charge in [-0.2, -0.15) is 0 Å². The summed E-state index contributed by atoms with van der Waals surface area (Å²) in [7, 11) is -2.03. The summed E-state index contributed by atoms with van der Waals surface area (Å²) in [6.07, 6.45) is 0. The second kappa shape index (κ2) is 9.50. The molecule has 1 atom stereocenters. The van der Waals surface area contributed by atoms with E-state index < -0.39 is 20.3 Å². The molecule has 2 aromatic rings. The molecule has 0 fully saturated rings. The maximum atomic E-state index is 12.2. The van der Waals surface area contributed by atoms with Crippen molar-refractivity contribution in [2.45, 2.75) is 58.0 Å². The molecule has 0 spiro atoms. The number of carboxylic acid groups (broad SMARTS) is 1. The van der Waals surface area contributed by atoms with Crippen LogP contribution in [0.1, 0.15) is 31.9 Å². The average Bonchev–Trinajstić information content (AvgIpc) is 2.62. The zero-order valence-corrected chi connectivity index (χ0v) is 18.7. The van der Waals surface area contributed by atoms with Crippen molar-refractivity contribution >= 4 is 14.3 Å². The van der Waals surface area contributed by atoms with Crippen LogP contribution in [0.3, 0.4) is 0 Å². The van der Waals surface area contributed by atoms with E-state index in [4.69, 9.17) is 4.43 Å². The third kappa shape index (κ3) is 6.29. The first-order valence-corrected chi connectivity index (χ1v) is 12.7. The zero-order valence-electron chi connectivity index (χ0n) is 17.7. The number of carbonyl (C=O) groups is 1. The van der Waals surface area contributed by atoms with Crippen molar-refractivity contribution in [3.05, 3.63) is 71.8 Å². The van der Waals surface area contributed by atoms with Gasteiger partial charge in [-0.25, -0.2) is 0 Å². The van der Waals surface area contributed by atoms with Gasteiger partial charge in [-0.3, -0.25) is 9.69 Å². The van der Waals surface area contributed by atoms with Crippen LogP contribution in [0.4, 0.5) is 0 Å². The van der Waals surface area contributed by atoms with E-state index in [2.05, 4.69) is 33.9 Å². The van der Waals surface area contributed by atoms with Gasteiger partial charge in [0, 0.05) is 13.1 Å². The Morgan fingerprint density at radius 2 is 1.39 bits per heavy atom. The smallest absolute Gasteiger partial charge is 0.323 e. The molecular weight excluding hydrogens is 366 g/mol. The van der Waals surface area contributed by atoms with Crippen LogP contribution in [0.5, 0.6) is 0 Å². The molecule has 0 aliphatic rings. The van der Waals surface area contributed by atoms with E-state index >= 15 is 0 Å². The number of aliphatic carboxylic acids is 1. The number of hydrogen-bond acceptors (Lipinski definition) is 3. The number of nitrogens with zero attached hydrogens (tertiary/aromatic N) is 1. The molecule has 0 aliphatic heterocycles. The van der Waals surface area contributed by atoms with E-state index in [1.54, 1.807) is 0 Å². The summed E-state index contributed by atoms with van der Waals surface area (Å²) in [4.78, 5) is 14.2. The van der Waals surface area contributed by atoms with Crippen molar-refractivity contribution in [3.63, 3.8) is 0 Å². The molecule has 0 unspecified atom stereocenters. The van der Waals surface area contributed by atoms with Crippen LogP contribution in [-0.4, -0.2) is 36.9 Å². The Kier molecular flexibility index (Phi) is 7.58. The SMILES string of the molecule is CC(C)(C)[Si](C)(C)OC[C@@H](C(=O)O)N(Cc1ccccc1)Cc1ccccc1. The lowest BCUT2D eigenvalue weighted by molar-refractivity contribution is -0.145. The van der Waals surface area contributed by atoms with E-state index in [-0.39, 0.29) is 11.6 Å². The number of carboxylic acids is 1. The Morgan fingerprint density at radius 1 is 0.964 bits per heavy atom. The van der Waals surface area contributed by atoms with Gasteiger partial charge in [0.05, 0.1) is 6.61 Å². The third-order valence-corrected chi connectivity index (χ3v) is 10.1.